The number of β-amino-alcohol motifs (C(OH)–C–C–N with tert-alkyl or cyclic N) is 1. The molecule has 1 aliphatic rings. The molecule has 1 unspecified atom stereocenters. The maximum Gasteiger partial charge on any atom is 0.276 e. The zero-order valence-electron chi connectivity index (χ0n) is 11.2. The highest BCUT2D eigenvalue weighted by Gasteiger charge is 2.40. The summed E-state index contributed by atoms with van der Waals surface area (Å²) in [4.78, 5) is 13.8. The molecule has 1 atom stereocenters. The van der Waals surface area contributed by atoms with Crippen molar-refractivity contribution in [3.63, 3.8) is 0 Å². The molecule has 104 valence electrons. The maximum atomic E-state index is 12.2. The Labute approximate surface area is 116 Å². The number of carbonyl (C=O) groups is 1. The van der Waals surface area contributed by atoms with Gasteiger partial charge in [-0.05, 0) is 24.5 Å². The van der Waals surface area contributed by atoms with Gasteiger partial charge < -0.3 is 10.0 Å². The average Bonchev–Trinajstić information content (AvgIpc) is 3.08. The maximum absolute atomic E-state index is 12.2. The molecule has 3 rings (SSSR count). The second-order valence-electron chi connectivity index (χ2n) is 5.18. The average molecular weight is 272 g/mol. The molecular formula is C14H16N4O2. The second-order valence-corrected chi connectivity index (χ2v) is 5.18. The van der Waals surface area contributed by atoms with E-state index in [1.54, 1.807) is 4.90 Å². The topological polar surface area (TPSA) is 82.1 Å². The van der Waals surface area contributed by atoms with Crippen LogP contribution in [0.1, 0.15) is 28.0 Å². The molecule has 20 heavy (non-hydrogen) atoms. The van der Waals surface area contributed by atoms with Gasteiger partial charge in [-0.25, -0.2) is 0 Å². The van der Waals surface area contributed by atoms with Crippen LogP contribution in [0.3, 0.4) is 0 Å². The molecule has 6 nitrogen and oxygen atoms in total. The Morgan fingerprint density at radius 3 is 2.95 bits per heavy atom. The zero-order valence-corrected chi connectivity index (χ0v) is 11.2. The minimum atomic E-state index is -0.981. The predicted octanol–water partition coefficient (Wildman–Crippen LogP) is 0.847. The van der Waals surface area contributed by atoms with E-state index >= 15 is 0 Å². The van der Waals surface area contributed by atoms with Crippen LogP contribution in [0.15, 0.2) is 30.5 Å². The number of benzene rings is 1. The number of nitrogens with one attached hydrogen (secondary N) is 1. The molecule has 1 aromatic carbocycles. The predicted molar refractivity (Wildman–Crippen MR) is 72.0 cm³/mol. The summed E-state index contributed by atoms with van der Waals surface area (Å²) in [5.41, 5.74) is 1.21. The van der Waals surface area contributed by atoms with Crippen molar-refractivity contribution in [2.75, 3.05) is 13.1 Å². The first-order valence-corrected chi connectivity index (χ1v) is 6.54. The van der Waals surface area contributed by atoms with E-state index < -0.39 is 5.60 Å². The summed E-state index contributed by atoms with van der Waals surface area (Å²) in [6.07, 6.45) is 1.93. The van der Waals surface area contributed by atoms with Crippen LogP contribution in [-0.2, 0) is 5.60 Å². The van der Waals surface area contributed by atoms with Gasteiger partial charge in [-0.2, -0.15) is 15.4 Å². The molecule has 1 saturated heterocycles. The Balaban J connectivity index is 1.83. The van der Waals surface area contributed by atoms with Crippen molar-refractivity contribution in [1.29, 1.82) is 0 Å². The summed E-state index contributed by atoms with van der Waals surface area (Å²) in [7, 11) is 0. The Bertz CT molecular complexity index is 626. The van der Waals surface area contributed by atoms with Crippen molar-refractivity contribution >= 4 is 5.91 Å². The number of rotatable bonds is 2. The van der Waals surface area contributed by atoms with Gasteiger partial charge in [-0.15, -0.1) is 0 Å². The van der Waals surface area contributed by atoms with Crippen LogP contribution in [0, 0.1) is 6.92 Å². The number of hydrogen-bond donors (Lipinski definition) is 2. The normalized spacial score (nSPS) is 22.2. The van der Waals surface area contributed by atoms with Gasteiger partial charge in [0.05, 0.1) is 12.7 Å². The molecule has 0 bridgehead atoms. The minimum Gasteiger partial charge on any atom is -0.383 e. The molecular weight excluding hydrogens is 256 g/mol. The van der Waals surface area contributed by atoms with E-state index in [1.807, 2.05) is 31.2 Å². The SMILES string of the molecule is Cc1ccccc1C1(O)CCN(C(=O)c2cn[nH]n2)C1. The van der Waals surface area contributed by atoms with E-state index in [0.29, 0.717) is 13.0 Å². The number of nitrogens with zero attached hydrogens (tertiary/aromatic N) is 3. The summed E-state index contributed by atoms with van der Waals surface area (Å²) in [5, 5.41) is 20.7. The highest BCUT2D eigenvalue weighted by atomic mass is 16.3. The number of carbonyl (C=O) groups excluding carboxylic acids is 1. The van der Waals surface area contributed by atoms with Gasteiger partial charge in [0.1, 0.15) is 5.60 Å². The van der Waals surface area contributed by atoms with Gasteiger partial charge in [0.25, 0.3) is 5.91 Å². The van der Waals surface area contributed by atoms with Crippen molar-refractivity contribution in [3.8, 4) is 0 Å². The van der Waals surface area contributed by atoms with Crippen molar-refractivity contribution in [1.82, 2.24) is 20.3 Å². The van der Waals surface area contributed by atoms with Crippen LogP contribution in [-0.4, -0.2) is 44.4 Å². The van der Waals surface area contributed by atoms with Gasteiger partial charge >= 0.3 is 0 Å². The summed E-state index contributed by atoms with van der Waals surface area (Å²) >= 11 is 0. The largest absolute Gasteiger partial charge is 0.383 e. The summed E-state index contributed by atoms with van der Waals surface area (Å²) in [6.45, 7) is 2.76. The lowest BCUT2D eigenvalue weighted by Gasteiger charge is -2.25. The Hall–Kier alpha value is -2.21. The molecule has 6 heteroatoms. The van der Waals surface area contributed by atoms with Gasteiger partial charge in [0, 0.05) is 6.54 Å². The highest BCUT2D eigenvalue weighted by molar-refractivity contribution is 5.92. The van der Waals surface area contributed by atoms with Gasteiger partial charge in [-0.1, -0.05) is 24.3 Å². The van der Waals surface area contributed by atoms with E-state index in [2.05, 4.69) is 15.4 Å². The number of likely N-dealkylation sites (tertiary alicyclic amines) is 1. The van der Waals surface area contributed by atoms with E-state index in [0.717, 1.165) is 11.1 Å². The third-order valence-electron chi connectivity index (χ3n) is 3.82. The summed E-state index contributed by atoms with van der Waals surface area (Å²) < 4.78 is 0. The number of amides is 1. The molecule has 1 amide bonds. The lowest BCUT2D eigenvalue weighted by Crippen LogP contribution is -2.35. The molecule has 0 aliphatic carbocycles. The summed E-state index contributed by atoms with van der Waals surface area (Å²) in [5.74, 6) is -0.205. The van der Waals surface area contributed by atoms with Gasteiger partial charge in [0.15, 0.2) is 5.69 Å². The van der Waals surface area contributed by atoms with Crippen LogP contribution in [0.4, 0.5) is 0 Å². The summed E-state index contributed by atoms with van der Waals surface area (Å²) in [6, 6.07) is 7.73. The van der Waals surface area contributed by atoms with Crippen LogP contribution < -0.4 is 0 Å². The lowest BCUT2D eigenvalue weighted by molar-refractivity contribution is 0.0410. The number of aliphatic hydroxyl groups is 1. The van der Waals surface area contributed by atoms with Crippen molar-refractivity contribution in [2.24, 2.45) is 0 Å². The molecule has 2 heterocycles. The first-order chi connectivity index (χ1) is 9.60. The van der Waals surface area contributed by atoms with Crippen LogP contribution >= 0.6 is 0 Å². The Morgan fingerprint density at radius 1 is 1.45 bits per heavy atom. The Morgan fingerprint density at radius 2 is 2.25 bits per heavy atom. The fourth-order valence-corrected chi connectivity index (χ4v) is 2.75. The van der Waals surface area contributed by atoms with Crippen molar-refractivity contribution < 1.29 is 9.90 Å². The third-order valence-corrected chi connectivity index (χ3v) is 3.82. The van der Waals surface area contributed by atoms with E-state index in [-0.39, 0.29) is 18.1 Å². The standard InChI is InChI=1S/C14H16N4O2/c1-10-4-2-3-5-11(10)14(20)6-7-18(9-14)13(19)12-8-15-17-16-12/h2-5,8,20H,6-7,9H2,1H3,(H,15,16,17). The van der Waals surface area contributed by atoms with E-state index in [1.165, 1.54) is 6.20 Å². The highest BCUT2D eigenvalue weighted by Crippen LogP contribution is 2.34. The zero-order chi connectivity index (χ0) is 14.2. The molecule has 1 fully saturated rings. The molecule has 2 aromatic rings. The quantitative estimate of drug-likeness (QED) is 0.849. The second kappa shape index (κ2) is 4.72. The molecule has 1 aromatic heterocycles. The molecule has 0 radical (unpaired) electrons. The van der Waals surface area contributed by atoms with Crippen molar-refractivity contribution in [3.05, 3.63) is 47.3 Å². The monoisotopic (exact) mass is 272 g/mol. The first-order valence-electron chi connectivity index (χ1n) is 6.54. The number of aromatic nitrogens is 3. The van der Waals surface area contributed by atoms with Gasteiger partial charge in [0.2, 0.25) is 0 Å². The van der Waals surface area contributed by atoms with Crippen molar-refractivity contribution in [2.45, 2.75) is 18.9 Å². The fraction of sp³-hybridized carbons (Fsp3) is 0.357. The Kier molecular flexibility index (Phi) is 3.02. The number of hydrogen-bond acceptors (Lipinski definition) is 4. The molecule has 0 saturated carbocycles. The van der Waals surface area contributed by atoms with E-state index in [4.69, 9.17) is 0 Å². The van der Waals surface area contributed by atoms with E-state index in [9.17, 15) is 9.90 Å². The smallest absolute Gasteiger partial charge is 0.276 e. The number of aryl methyl sites for hydroxylation is 1. The molecule has 2 N–H and O–H groups in total. The minimum absolute atomic E-state index is 0.205. The van der Waals surface area contributed by atoms with Crippen LogP contribution in [0.2, 0.25) is 0 Å². The van der Waals surface area contributed by atoms with Crippen LogP contribution in [0.25, 0.3) is 0 Å². The fourth-order valence-electron chi connectivity index (χ4n) is 2.75. The molecule has 1 aliphatic heterocycles. The first kappa shape index (κ1) is 12.8. The van der Waals surface area contributed by atoms with Gasteiger partial charge in [-0.3, -0.25) is 4.79 Å². The van der Waals surface area contributed by atoms with Crippen LogP contribution in [0.5, 0.6) is 0 Å². The molecule has 0 spiro atoms. The third kappa shape index (κ3) is 2.08. The lowest BCUT2D eigenvalue weighted by atomic mass is 9.89. The number of H-pyrrole nitrogens is 1. The number of aromatic amines is 1.